The van der Waals surface area contributed by atoms with E-state index in [1.807, 2.05) is 45.0 Å². The maximum absolute atomic E-state index is 11.8. The Hall–Kier alpha value is -1.39. The molecule has 118 valence electrons. The Morgan fingerprint density at radius 1 is 1.14 bits per heavy atom. The summed E-state index contributed by atoms with van der Waals surface area (Å²) < 4.78 is 10.9. The van der Waals surface area contributed by atoms with Crippen LogP contribution in [0.25, 0.3) is 0 Å². The molecule has 0 bridgehead atoms. The zero-order chi connectivity index (χ0) is 15.5. The fraction of sp³-hybridized carbons (Fsp3) is 0.588. The van der Waals surface area contributed by atoms with Gasteiger partial charge in [0, 0.05) is 26.2 Å². The molecule has 0 aliphatic heterocycles. The molecule has 0 aliphatic carbocycles. The van der Waals surface area contributed by atoms with E-state index >= 15 is 0 Å². The monoisotopic (exact) mass is 293 g/mol. The first-order valence-electron chi connectivity index (χ1n) is 7.71. The van der Waals surface area contributed by atoms with E-state index < -0.39 is 0 Å². The largest absolute Gasteiger partial charge is 0.356 e. The van der Waals surface area contributed by atoms with Crippen LogP contribution in [-0.2, 0) is 20.7 Å². The number of aryl methyl sites for hydroxylation is 1. The van der Waals surface area contributed by atoms with Gasteiger partial charge in [0.05, 0.1) is 6.42 Å². The predicted octanol–water partition coefficient (Wildman–Crippen LogP) is 2.83. The van der Waals surface area contributed by atoms with Crippen molar-refractivity contribution in [2.24, 2.45) is 0 Å². The smallest absolute Gasteiger partial charge is 0.224 e. The highest BCUT2D eigenvalue weighted by Gasteiger charge is 2.08. The van der Waals surface area contributed by atoms with E-state index in [0.29, 0.717) is 26.2 Å². The van der Waals surface area contributed by atoms with Crippen molar-refractivity contribution >= 4 is 5.91 Å². The van der Waals surface area contributed by atoms with Crippen LogP contribution in [0.5, 0.6) is 0 Å². The first-order chi connectivity index (χ1) is 10.2. The van der Waals surface area contributed by atoms with Crippen molar-refractivity contribution in [3.8, 4) is 0 Å². The molecular weight excluding hydrogens is 266 g/mol. The molecular formula is C17H27NO3. The number of rotatable bonds is 10. The van der Waals surface area contributed by atoms with Crippen molar-refractivity contribution in [2.75, 3.05) is 19.8 Å². The van der Waals surface area contributed by atoms with Gasteiger partial charge in [-0.3, -0.25) is 4.79 Å². The Kier molecular flexibility index (Phi) is 8.71. The summed E-state index contributed by atoms with van der Waals surface area (Å²) in [4.78, 5) is 11.8. The lowest BCUT2D eigenvalue weighted by Crippen LogP contribution is -2.27. The third-order valence-corrected chi connectivity index (χ3v) is 3.13. The van der Waals surface area contributed by atoms with E-state index in [4.69, 9.17) is 9.47 Å². The number of ether oxygens (including phenoxy) is 2. The van der Waals surface area contributed by atoms with E-state index in [2.05, 4.69) is 5.32 Å². The standard InChI is InChI=1S/C17H27NO3/c1-4-20-17(21-5-2)7-6-12-18-16(19)13-15-10-8-14(3)9-11-15/h8-11,17H,4-7,12-13H2,1-3H3,(H,18,19). The molecule has 0 aromatic heterocycles. The molecule has 1 aromatic carbocycles. The molecule has 0 unspecified atom stereocenters. The average molecular weight is 293 g/mol. The Bertz CT molecular complexity index is 397. The third-order valence-electron chi connectivity index (χ3n) is 3.13. The number of carbonyl (C=O) groups excluding carboxylic acids is 1. The average Bonchev–Trinajstić information content (AvgIpc) is 2.46. The molecule has 4 nitrogen and oxygen atoms in total. The highest BCUT2D eigenvalue weighted by Crippen LogP contribution is 2.05. The summed E-state index contributed by atoms with van der Waals surface area (Å²) in [5.41, 5.74) is 2.25. The Morgan fingerprint density at radius 3 is 2.33 bits per heavy atom. The molecule has 0 radical (unpaired) electrons. The molecule has 21 heavy (non-hydrogen) atoms. The van der Waals surface area contributed by atoms with Gasteiger partial charge in [-0.15, -0.1) is 0 Å². The molecule has 0 heterocycles. The summed E-state index contributed by atoms with van der Waals surface area (Å²) in [6.45, 7) is 7.89. The van der Waals surface area contributed by atoms with Crippen LogP contribution in [0.4, 0.5) is 0 Å². The van der Waals surface area contributed by atoms with Gasteiger partial charge in [-0.25, -0.2) is 0 Å². The molecule has 0 spiro atoms. The van der Waals surface area contributed by atoms with Crippen LogP contribution in [0.15, 0.2) is 24.3 Å². The summed E-state index contributed by atoms with van der Waals surface area (Å²) in [6, 6.07) is 8.04. The number of hydrogen-bond acceptors (Lipinski definition) is 3. The summed E-state index contributed by atoms with van der Waals surface area (Å²) >= 11 is 0. The van der Waals surface area contributed by atoms with Crippen LogP contribution >= 0.6 is 0 Å². The van der Waals surface area contributed by atoms with Gasteiger partial charge in [0.25, 0.3) is 0 Å². The predicted molar refractivity (Wildman–Crippen MR) is 84.2 cm³/mol. The number of hydrogen-bond donors (Lipinski definition) is 1. The summed E-state index contributed by atoms with van der Waals surface area (Å²) in [6.07, 6.45) is 1.92. The van der Waals surface area contributed by atoms with E-state index in [1.165, 1.54) is 5.56 Å². The van der Waals surface area contributed by atoms with Gasteiger partial charge < -0.3 is 14.8 Å². The molecule has 1 aromatic rings. The fourth-order valence-electron chi connectivity index (χ4n) is 2.04. The number of amides is 1. The van der Waals surface area contributed by atoms with Gasteiger partial charge in [-0.05, 0) is 32.8 Å². The minimum Gasteiger partial charge on any atom is -0.356 e. The zero-order valence-corrected chi connectivity index (χ0v) is 13.4. The van der Waals surface area contributed by atoms with Crippen LogP contribution in [0.2, 0.25) is 0 Å². The molecule has 0 saturated carbocycles. The van der Waals surface area contributed by atoms with E-state index in [-0.39, 0.29) is 12.2 Å². The van der Waals surface area contributed by atoms with Gasteiger partial charge in [0.2, 0.25) is 5.91 Å². The molecule has 1 rings (SSSR count). The second-order valence-corrected chi connectivity index (χ2v) is 4.99. The lowest BCUT2D eigenvalue weighted by Gasteiger charge is -2.16. The molecule has 1 amide bonds. The molecule has 4 heteroatoms. The maximum atomic E-state index is 11.8. The van der Waals surface area contributed by atoms with Crippen molar-refractivity contribution in [1.29, 1.82) is 0 Å². The van der Waals surface area contributed by atoms with Gasteiger partial charge in [0.15, 0.2) is 6.29 Å². The van der Waals surface area contributed by atoms with Gasteiger partial charge >= 0.3 is 0 Å². The number of nitrogens with one attached hydrogen (secondary N) is 1. The van der Waals surface area contributed by atoms with Crippen LogP contribution < -0.4 is 5.32 Å². The Balaban J connectivity index is 2.19. The van der Waals surface area contributed by atoms with Gasteiger partial charge in [-0.2, -0.15) is 0 Å². The second kappa shape index (κ2) is 10.4. The number of benzene rings is 1. The van der Waals surface area contributed by atoms with E-state index in [1.54, 1.807) is 0 Å². The lowest BCUT2D eigenvalue weighted by atomic mass is 10.1. The Labute approximate surface area is 127 Å². The van der Waals surface area contributed by atoms with E-state index in [0.717, 1.165) is 18.4 Å². The van der Waals surface area contributed by atoms with Crippen LogP contribution in [0.3, 0.4) is 0 Å². The first-order valence-corrected chi connectivity index (χ1v) is 7.71. The minimum atomic E-state index is -0.158. The minimum absolute atomic E-state index is 0.0585. The number of carbonyl (C=O) groups is 1. The van der Waals surface area contributed by atoms with Crippen molar-refractivity contribution < 1.29 is 14.3 Å². The fourth-order valence-corrected chi connectivity index (χ4v) is 2.04. The zero-order valence-electron chi connectivity index (χ0n) is 13.4. The van der Waals surface area contributed by atoms with Crippen LogP contribution in [0, 0.1) is 6.92 Å². The topological polar surface area (TPSA) is 47.6 Å². The molecule has 0 fully saturated rings. The van der Waals surface area contributed by atoms with Crippen LogP contribution in [0.1, 0.15) is 37.8 Å². The first kappa shape index (κ1) is 17.7. The van der Waals surface area contributed by atoms with Crippen molar-refractivity contribution in [2.45, 2.75) is 46.3 Å². The summed E-state index contributed by atoms with van der Waals surface area (Å²) in [5.74, 6) is 0.0585. The molecule has 0 aliphatic rings. The van der Waals surface area contributed by atoms with E-state index in [9.17, 15) is 4.79 Å². The highest BCUT2D eigenvalue weighted by molar-refractivity contribution is 5.78. The highest BCUT2D eigenvalue weighted by atomic mass is 16.7. The van der Waals surface area contributed by atoms with Crippen LogP contribution in [-0.4, -0.2) is 32.0 Å². The van der Waals surface area contributed by atoms with Crippen molar-refractivity contribution in [1.82, 2.24) is 5.32 Å². The Morgan fingerprint density at radius 2 is 1.76 bits per heavy atom. The maximum Gasteiger partial charge on any atom is 0.224 e. The summed E-state index contributed by atoms with van der Waals surface area (Å²) in [7, 11) is 0. The van der Waals surface area contributed by atoms with Crippen molar-refractivity contribution in [3.63, 3.8) is 0 Å². The summed E-state index contributed by atoms with van der Waals surface area (Å²) in [5, 5.41) is 2.94. The quantitative estimate of drug-likeness (QED) is 0.533. The molecule has 0 atom stereocenters. The SMILES string of the molecule is CCOC(CCCNC(=O)Cc1ccc(C)cc1)OCC. The van der Waals surface area contributed by atoms with Crippen molar-refractivity contribution in [3.05, 3.63) is 35.4 Å². The lowest BCUT2D eigenvalue weighted by molar-refractivity contribution is -0.140. The molecule has 0 saturated heterocycles. The molecule has 1 N–H and O–H groups in total. The third kappa shape index (κ3) is 7.83. The van der Waals surface area contributed by atoms with Gasteiger partial charge in [-0.1, -0.05) is 29.8 Å². The van der Waals surface area contributed by atoms with Gasteiger partial charge in [0.1, 0.15) is 0 Å². The normalized spacial score (nSPS) is 10.9. The second-order valence-electron chi connectivity index (χ2n) is 4.99.